The summed E-state index contributed by atoms with van der Waals surface area (Å²) in [4.78, 5) is 36.5. The summed E-state index contributed by atoms with van der Waals surface area (Å²) in [5, 5.41) is 12.9. The molecular weight excluding hydrogens is 526 g/mol. The van der Waals surface area contributed by atoms with Gasteiger partial charge < -0.3 is 20.2 Å². The van der Waals surface area contributed by atoms with E-state index in [1.165, 1.54) is 35.5 Å². The Labute approximate surface area is 264 Å². The fourth-order valence-electron chi connectivity index (χ4n) is 3.50. The number of halogens is 3. The Balaban J connectivity index is 0.00000110. The molecule has 0 unspecified atom stereocenters. The van der Waals surface area contributed by atoms with Gasteiger partial charge in [0.1, 0.15) is 11.5 Å². The summed E-state index contributed by atoms with van der Waals surface area (Å²) >= 11 is 0. The molecule has 0 bridgehead atoms. The van der Waals surface area contributed by atoms with Crippen LogP contribution >= 0.6 is 0 Å². The topological polar surface area (TPSA) is 101 Å². The van der Waals surface area contributed by atoms with Crippen molar-refractivity contribution >= 4 is 17.6 Å². The number of carbonyl (C=O) groups excluding carboxylic acids is 2. The van der Waals surface area contributed by atoms with Gasteiger partial charge in [-0.15, -0.1) is 5.60 Å². The monoisotopic (exact) mass is 561 g/mol. The zero-order chi connectivity index (χ0) is 27.6. The third-order valence-electron chi connectivity index (χ3n) is 5.29. The number of hydrogen-bond donors (Lipinski definition) is 1. The summed E-state index contributed by atoms with van der Waals surface area (Å²) < 4.78 is 39.7. The number of amides is 2. The number of unbranched alkanes of at least 4 members (excludes halogenated alkanes) is 2. The van der Waals surface area contributed by atoms with E-state index >= 15 is 0 Å². The molecule has 1 aromatic heterocycles. The van der Waals surface area contributed by atoms with Crippen LogP contribution < -0.4 is 66.7 Å². The predicted octanol–water partition coefficient (Wildman–Crippen LogP) is 0.527. The zero-order valence-corrected chi connectivity index (χ0v) is 25.9. The van der Waals surface area contributed by atoms with Crippen LogP contribution in [0.15, 0.2) is 36.7 Å². The molecular formula is C26H35F3KN5O3. The molecule has 2 aromatic rings. The fraction of sp³-hybridized carbons (Fsp3) is 0.538. The molecule has 12 heteroatoms. The van der Waals surface area contributed by atoms with Crippen molar-refractivity contribution < 1.29 is 79.3 Å². The van der Waals surface area contributed by atoms with Gasteiger partial charge in [0.15, 0.2) is 0 Å². The molecule has 1 saturated heterocycles. The predicted molar refractivity (Wildman–Crippen MR) is 133 cm³/mol. The van der Waals surface area contributed by atoms with E-state index in [9.17, 15) is 27.9 Å². The van der Waals surface area contributed by atoms with E-state index in [0.29, 0.717) is 25.5 Å². The molecule has 1 N–H and O–H groups in total. The molecule has 2 heterocycles. The number of rotatable bonds is 7. The summed E-state index contributed by atoms with van der Waals surface area (Å²) in [5.74, 6) is -0.368. The Morgan fingerprint density at radius 1 is 1.00 bits per heavy atom. The quantitative estimate of drug-likeness (QED) is 0.391. The average Bonchev–Trinajstić information content (AvgIpc) is 2.85. The second-order valence-electron chi connectivity index (χ2n) is 9.66. The number of nitrogens with zero attached hydrogens (tertiary/aromatic N) is 4. The van der Waals surface area contributed by atoms with Crippen molar-refractivity contribution in [2.45, 2.75) is 58.7 Å². The molecule has 0 radical (unpaired) electrons. The molecule has 1 aliphatic heterocycles. The van der Waals surface area contributed by atoms with E-state index < -0.39 is 23.2 Å². The molecule has 0 atom stereocenters. The van der Waals surface area contributed by atoms with Crippen molar-refractivity contribution in [3.05, 3.63) is 53.5 Å². The van der Waals surface area contributed by atoms with Gasteiger partial charge in [0.2, 0.25) is 0 Å². The molecule has 1 aromatic carbocycles. The number of alkyl halides is 3. The van der Waals surface area contributed by atoms with Gasteiger partial charge in [-0.1, -0.05) is 52.7 Å². The molecule has 2 amide bonds. The average molecular weight is 562 g/mol. The van der Waals surface area contributed by atoms with Crippen LogP contribution in [-0.4, -0.2) is 65.0 Å². The van der Waals surface area contributed by atoms with Crippen LogP contribution in [0.3, 0.4) is 0 Å². The Bertz CT molecular complexity index is 1020. The summed E-state index contributed by atoms with van der Waals surface area (Å²) in [6.45, 7) is 8.88. The number of hydrogen-bond acceptors (Lipinski definition) is 6. The third kappa shape index (κ3) is 11.7. The molecule has 1 aliphatic rings. The van der Waals surface area contributed by atoms with Crippen LogP contribution in [0.1, 0.15) is 73.4 Å². The van der Waals surface area contributed by atoms with Crippen molar-refractivity contribution in [1.82, 2.24) is 20.2 Å². The minimum Gasteiger partial charge on any atom is -0.850 e. The van der Waals surface area contributed by atoms with E-state index in [1.807, 2.05) is 4.90 Å². The van der Waals surface area contributed by atoms with Gasteiger partial charge >= 0.3 is 57.6 Å². The Hall–Kier alpha value is -1.57. The van der Waals surface area contributed by atoms with Crippen molar-refractivity contribution in [2.75, 3.05) is 37.6 Å². The van der Waals surface area contributed by atoms with Crippen LogP contribution in [-0.2, 0) is 6.18 Å². The smallest absolute Gasteiger partial charge is 0.850 e. The minimum atomic E-state index is -4.59. The van der Waals surface area contributed by atoms with E-state index in [1.54, 1.807) is 20.8 Å². The summed E-state index contributed by atoms with van der Waals surface area (Å²) in [5.41, 5.74) is -1.80. The minimum absolute atomic E-state index is 0. The molecule has 0 saturated carbocycles. The maximum absolute atomic E-state index is 13.2. The molecule has 0 spiro atoms. The van der Waals surface area contributed by atoms with Crippen molar-refractivity contribution in [1.29, 1.82) is 0 Å². The SMILES string of the molecule is CC(C)(C)[O-].CCCCCNC(=O)c1cnc(N2CCN(C(=O)c3ccccc3C(F)(F)F)CC2)cn1.[K+]. The number of aromatic nitrogens is 2. The zero-order valence-electron chi connectivity index (χ0n) is 22.8. The maximum Gasteiger partial charge on any atom is 1.00 e. The molecule has 3 rings (SSSR count). The van der Waals surface area contributed by atoms with Crippen LogP contribution in [0.5, 0.6) is 0 Å². The Morgan fingerprint density at radius 2 is 1.61 bits per heavy atom. The van der Waals surface area contributed by atoms with Crippen molar-refractivity contribution in [2.24, 2.45) is 0 Å². The molecule has 0 aliphatic carbocycles. The van der Waals surface area contributed by atoms with E-state index in [4.69, 9.17) is 0 Å². The standard InChI is InChI=1S/C22H26F3N5O2.C4H9O.K/c1-2-3-6-9-26-20(31)18-14-28-19(15-27-18)29-10-12-30(13-11-29)21(32)16-7-4-5-8-17(16)22(23,24)25;1-4(2,3)5;/h4-5,7-8,14-15H,2-3,6,9-13H2,1H3,(H,26,31);1-3H3;/q;-1;+1. The second-order valence-corrected chi connectivity index (χ2v) is 9.66. The first-order valence-electron chi connectivity index (χ1n) is 12.3. The number of piperazine rings is 1. The van der Waals surface area contributed by atoms with E-state index in [-0.39, 0.29) is 81.6 Å². The van der Waals surface area contributed by atoms with Gasteiger partial charge in [0.05, 0.1) is 23.5 Å². The summed E-state index contributed by atoms with van der Waals surface area (Å²) in [7, 11) is 0. The first-order valence-corrected chi connectivity index (χ1v) is 12.3. The summed E-state index contributed by atoms with van der Waals surface area (Å²) in [6, 6.07) is 4.82. The first-order chi connectivity index (χ1) is 17.3. The van der Waals surface area contributed by atoms with E-state index in [0.717, 1.165) is 25.3 Å². The van der Waals surface area contributed by atoms with Gasteiger partial charge in [-0.05, 0) is 18.6 Å². The van der Waals surface area contributed by atoms with E-state index in [2.05, 4.69) is 22.2 Å². The van der Waals surface area contributed by atoms with Gasteiger partial charge in [0.25, 0.3) is 11.8 Å². The molecule has 204 valence electrons. The van der Waals surface area contributed by atoms with Gasteiger partial charge in [-0.2, -0.15) is 13.2 Å². The van der Waals surface area contributed by atoms with Crippen LogP contribution in [0.4, 0.5) is 19.0 Å². The summed E-state index contributed by atoms with van der Waals surface area (Å²) in [6.07, 6.45) is 1.33. The molecule has 38 heavy (non-hydrogen) atoms. The number of benzene rings is 1. The van der Waals surface area contributed by atoms with Crippen molar-refractivity contribution in [3.8, 4) is 0 Å². The third-order valence-corrected chi connectivity index (χ3v) is 5.29. The van der Waals surface area contributed by atoms with Gasteiger partial charge in [-0.3, -0.25) is 9.59 Å². The second kappa shape index (κ2) is 15.9. The Kier molecular flexibility index (Phi) is 14.4. The molecule has 8 nitrogen and oxygen atoms in total. The molecule has 1 fully saturated rings. The maximum atomic E-state index is 13.2. The number of nitrogens with one attached hydrogen (secondary N) is 1. The van der Waals surface area contributed by atoms with Crippen LogP contribution in [0.25, 0.3) is 0 Å². The number of anilines is 1. The van der Waals surface area contributed by atoms with Crippen molar-refractivity contribution in [3.63, 3.8) is 0 Å². The Morgan fingerprint density at radius 3 is 2.13 bits per heavy atom. The van der Waals surface area contributed by atoms with Crippen LogP contribution in [0.2, 0.25) is 0 Å². The van der Waals surface area contributed by atoms with Crippen LogP contribution in [0, 0.1) is 0 Å². The van der Waals surface area contributed by atoms with Gasteiger partial charge in [0, 0.05) is 32.7 Å². The van der Waals surface area contributed by atoms with Gasteiger partial charge in [-0.25, -0.2) is 9.97 Å². The first kappa shape index (κ1) is 34.5. The largest absolute Gasteiger partial charge is 1.00 e. The normalized spacial score (nSPS) is 13.7. The number of carbonyl (C=O) groups is 2. The fourth-order valence-corrected chi connectivity index (χ4v) is 3.50.